The average molecular weight is 269 g/mol. The molecule has 1 nitrogen and oxygen atoms in total. The molecule has 0 amide bonds. The highest BCUT2D eigenvalue weighted by Gasteiger charge is 2.20. The lowest BCUT2D eigenvalue weighted by atomic mass is 9.86. The minimum absolute atomic E-state index is 0.160. The zero-order chi connectivity index (χ0) is 14.1. The lowest BCUT2D eigenvalue weighted by Gasteiger charge is -2.28. The number of anilines is 1. The molecule has 0 radical (unpaired) electrons. The molecule has 1 unspecified atom stereocenters. The Morgan fingerprint density at radius 3 is 2.65 bits per heavy atom. The van der Waals surface area contributed by atoms with E-state index in [2.05, 4.69) is 31.3 Å². The Labute approximate surface area is 119 Å². The summed E-state index contributed by atoms with van der Waals surface area (Å²) in [5.74, 6) is 0.418. The van der Waals surface area contributed by atoms with E-state index in [0.717, 1.165) is 19.4 Å². The quantitative estimate of drug-likeness (QED) is 0.858. The minimum atomic E-state index is -0.160. The molecule has 0 spiro atoms. The van der Waals surface area contributed by atoms with Gasteiger partial charge in [0.2, 0.25) is 0 Å². The van der Waals surface area contributed by atoms with Gasteiger partial charge in [-0.1, -0.05) is 18.2 Å². The van der Waals surface area contributed by atoms with Crippen LogP contribution in [0.15, 0.2) is 36.4 Å². The van der Waals surface area contributed by atoms with Crippen LogP contribution in [0, 0.1) is 25.6 Å². The molecule has 104 valence electrons. The van der Waals surface area contributed by atoms with Crippen LogP contribution in [0.4, 0.5) is 10.1 Å². The van der Waals surface area contributed by atoms with Crippen LogP contribution in [0.2, 0.25) is 0 Å². The van der Waals surface area contributed by atoms with Crippen LogP contribution in [-0.2, 0) is 12.8 Å². The SMILES string of the molecule is Cc1cc(C)c2c(c1)NCC(Cc1ccc(F)cc1)C2. The van der Waals surface area contributed by atoms with Gasteiger partial charge in [-0.25, -0.2) is 4.39 Å². The molecule has 20 heavy (non-hydrogen) atoms. The summed E-state index contributed by atoms with van der Waals surface area (Å²) in [5, 5.41) is 3.55. The van der Waals surface area contributed by atoms with Crippen molar-refractivity contribution in [1.82, 2.24) is 0 Å². The molecule has 1 N–H and O–H groups in total. The average Bonchev–Trinajstić information content (AvgIpc) is 2.42. The summed E-state index contributed by atoms with van der Waals surface area (Å²) in [6, 6.07) is 11.4. The molecular weight excluding hydrogens is 249 g/mol. The number of aryl methyl sites for hydroxylation is 2. The maximum atomic E-state index is 12.9. The van der Waals surface area contributed by atoms with Gasteiger partial charge in [-0.2, -0.15) is 0 Å². The van der Waals surface area contributed by atoms with Gasteiger partial charge in [0.15, 0.2) is 0 Å². The molecular formula is C18H20FN. The summed E-state index contributed by atoms with van der Waals surface area (Å²) in [6.07, 6.45) is 2.10. The first kappa shape index (κ1) is 13.2. The van der Waals surface area contributed by atoms with E-state index in [0.29, 0.717) is 5.92 Å². The topological polar surface area (TPSA) is 12.0 Å². The van der Waals surface area contributed by atoms with Gasteiger partial charge >= 0.3 is 0 Å². The molecule has 2 heteroatoms. The zero-order valence-electron chi connectivity index (χ0n) is 12.0. The van der Waals surface area contributed by atoms with Gasteiger partial charge in [0.05, 0.1) is 0 Å². The Bertz CT molecular complexity index is 616. The van der Waals surface area contributed by atoms with Crippen molar-refractivity contribution in [1.29, 1.82) is 0 Å². The van der Waals surface area contributed by atoms with Gasteiger partial charge in [0.1, 0.15) is 5.82 Å². The maximum Gasteiger partial charge on any atom is 0.123 e. The fraction of sp³-hybridized carbons (Fsp3) is 0.333. The van der Waals surface area contributed by atoms with Crippen LogP contribution in [-0.4, -0.2) is 6.54 Å². The molecule has 1 aliphatic rings. The van der Waals surface area contributed by atoms with Crippen molar-refractivity contribution in [2.45, 2.75) is 26.7 Å². The first-order chi connectivity index (χ1) is 9.61. The van der Waals surface area contributed by atoms with Crippen LogP contribution in [0.3, 0.4) is 0 Å². The third-order valence-corrected chi connectivity index (χ3v) is 4.13. The standard InChI is InChI=1S/C18H20FN/c1-12-7-13(2)17-10-15(11-20-18(17)8-12)9-14-3-5-16(19)6-4-14/h3-8,15,20H,9-11H2,1-2H3. The molecule has 0 saturated heterocycles. The first-order valence-electron chi connectivity index (χ1n) is 7.20. The lowest BCUT2D eigenvalue weighted by molar-refractivity contribution is 0.532. The zero-order valence-corrected chi connectivity index (χ0v) is 12.0. The van der Waals surface area contributed by atoms with Gasteiger partial charge in [0, 0.05) is 12.2 Å². The van der Waals surface area contributed by atoms with Crippen LogP contribution < -0.4 is 5.32 Å². The molecule has 3 rings (SSSR count). The van der Waals surface area contributed by atoms with E-state index in [1.807, 2.05) is 12.1 Å². The number of fused-ring (bicyclic) bond motifs is 1. The molecule has 0 fully saturated rings. The normalized spacial score (nSPS) is 17.4. The van der Waals surface area contributed by atoms with Crippen LogP contribution in [0.1, 0.15) is 22.3 Å². The minimum Gasteiger partial charge on any atom is -0.385 e. The van der Waals surface area contributed by atoms with Crippen LogP contribution in [0.5, 0.6) is 0 Å². The second-order valence-electron chi connectivity index (χ2n) is 5.89. The van der Waals surface area contributed by atoms with Crippen molar-refractivity contribution in [2.75, 3.05) is 11.9 Å². The fourth-order valence-corrected chi connectivity index (χ4v) is 3.14. The number of rotatable bonds is 2. The van der Waals surface area contributed by atoms with Crippen molar-refractivity contribution >= 4 is 5.69 Å². The van der Waals surface area contributed by atoms with Crippen LogP contribution in [0.25, 0.3) is 0 Å². The van der Waals surface area contributed by atoms with E-state index in [-0.39, 0.29) is 5.82 Å². The Morgan fingerprint density at radius 1 is 1.15 bits per heavy atom. The second-order valence-corrected chi connectivity index (χ2v) is 5.89. The molecule has 1 atom stereocenters. The molecule has 2 aromatic carbocycles. The monoisotopic (exact) mass is 269 g/mol. The van der Waals surface area contributed by atoms with Crippen LogP contribution >= 0.6 is 0 Å². The Morgan fingerprint density at radius 2 is 1.90 bits per heavy atom. The third-order valence-electron chi connectivity index (χ3n) is 4.13. The third kappa shape index (κ3) is 2.69. The summed E-state index contributed by atoms with van der Waals surface area (Å²) >= 11 is 0. The summed E-state index contributed by atoms with van der Waals surface area (Å²) in [4.78, 5) is 0. The van der Waals surface area contributed by atoms with E-state index >= 15 is 0 Å². The predicted octanol–water partition coefficient (Wildman–Crippen LogP) is 4.27. The number of halogens is 1. The Hall–Kier alpha value is -1.83. The largest absolute Gasteiger partial charge is 0.385 e. The smallest absolute Gasteiger partial charge is 0.123 e. The molecule has 2 aromatic rings. The van der Waals surface area contributed by atoms with Crippen molar-refractivity contribution in [2.24, 2.45) is 5.92 Å². The van der Waals surface area contributed by atoms with Gasteiger partial charge in [0.25, 0.3) is 0 Å². The van der Waals surface area contributed by atoms with E-state index < -0.39 is 0 Å². The Balaban J connectivity index is 1.77. The van der Waals surface area contributed by atoms with Gasteiger partial charge in [-0.3, -0.25) is 0 Å². The number of hydrogen-bond acceptors (Lipinski definition) is 1. The van der Waals surface area contributed by atoms with E-state index in [1.54, 1.807) is 12.1 Å². The van der Waals surface area contributed by atoms with Gasteiger partial charge in [-0.05, 0) is 73.1 Å². The number of nitrogens with one attached hydrogen (secondary N) is 1. The summed E-state index contributed by atoms with van der Waals surface area (Å²) in [6.45, 7) is 5.32. The van der Waals surface area contributed by atoms with E-state index in [1.165, 1.54) is 27.9 Å². The van der Waals surface area contributed by atoms with E-state index in [9.17, 15) is 4.39 Å². The molecule has 0 saturated carbocycles. The van der Waals surface area contributed by atoms with Gasteiger partial charge < -0.3 is 5.32 Å². The number of hydrogen-bond donors (Lipinski definition) is 1. The van der Waals surface area contributed by atoms with Crippen molar-refractivity contribution in [3.05, 3.63) is 64.5 Å². The highest BCUT2D eigenvalue weighted by Crippen LogP contribution is 2.30. The molecule has 1 aliphatic heterocycles. The molecule has 1 heterocycles. The highest BCUT2D eigenvalue weighted by atomic mass is 19.1. The fourth-order valence-electron chi connectivity index (χ4n) is 3.14. The summed E-state index contributed by atoms with van der Waals surface area (Å²) < 4.78 is 12.9. The molecule has 0 aliphatic carbocycles. The molecule has 0 bridgehead atoms. The lowest BCUT2D eigenvalue weighted by Crippen LogP contribution is -2.25. The molecule has 0 aromatic heterocycles. The second kappa shape index (κ2) is 5.28. The van der Waals surface area contributed by atoms with E-state index in [4.69, 9.17) is 0 Å². The maximum absolute atomic E-state index is 12.9. The summed E-state index contributed by atoms with van der Waals surface area (Å²) in [7, 11) is 0. The van der Waals surface area contributed by atoms with Crippen molar-refractivity contribution in [3.63, 3.8) is 0 Å². The van der Waals surface area contributed by atoms with Gasteiger partial charge in [-0.15, -0.1) is 0 Å². The highest BCUT2D eigenvalue weighted by molar-refractivity contribution is 5.58. The Kier molecular flexibility index (Phi) is 3.47. The summed E-state index contributed by atoms with van der Waals surface area (Å²) in [5.41, 5.74) is 6.63. The predicted molar refractivity (Wildman–Crippen MR) is 81.7 cm³/mol. The van der Waals surface area contributed by atoms with Crippen molar-refractivity contribution < 1.29 is 4.39 Å². The van der Waals surface area contributed by atoms with Crippen molar-refractivity contribution in [3.8, 4) is 0 Å². The first-order valence-corrected chi connectivity index (χ1v) is 7.20. The number of benzene rings is 2.